The Kier molecular flexibility index (Phi) is 4.16. The zero-order valence-electron chi connectivity index (χ0n) is 9.60. The Hall–Kier alpha value is -1.17. The van der Waals surface area contributed by atoms with Gasteiger partial charge in [-0.15, -0.1) is 0 Å². The third-order valence-electron chi connectivity index (χ3n) is 2.92. The molecule has 0 aliphatic carbocycles. The lowest BCUT2D eigenvalue weighted by molar-refractivity contribution is -0.145. The fraction of sp³-hybridized carbons (Fsp3) is 0.417. The summed E-state index contributed by atoms with van der Waals surface area (Å²) >= 11 is 5.93. The monoisotopic (exact) mass is 273 g/mol. The number of halogens is 2. The second kappa shape index (κ2) is 5.65. The Morgan fingerprint density at radius 3 is 2.67 bits per heavy atom. The summed E-state index contributed by atoms with van der Waals surface area (Å²) in [6, 6.07) is 3.11. The average Bonchev–Trinajstić information content (AvgIpc) is 2.34. The van der Waals surface area contributed by atoms with Crippen molar-refractivity contribution in [3.63, 3.8) is 0 Å². The number of carboxylic acid groups (broad SMARTS) is 1. The molecule has 0 saturated carbocycles. The molecule has 0 spiro atoms. The van der Waals surface area contributed by atoms with Crippen LogP contribution in [0.3, 0.4) is 0 Å². The Morgan fingerprint density at radius 2 is 2.11 bits per heavy atom. The lowest BCUT2D eigenvalue weighted by atomic mass is 10.0. The number of rotatable bonds is 3. The van der Waals surface area contributed by atoms with Gasteiger partial charge in [-0.25, -0.2) is 4.39 Å². The first-order chi connectivity index (χ1) is 8.61. The fourth-order valence-corrected chi connectivity index (χ4v) is 2.34. The maximum Gasteiger partial charge on any atom is 0.325 e. The third-order valence-corrected chi connectivity index (χ3v) is 3.25. The van der Waals surface area contributed by atoms with Gasteiger partial charge >= 0.3 is 5.97 Å². The first kappa shape index (κ1) is 13.3. The first-order valence-corrected chi connectivity index (χ1v) is 5.97. The highest BCUT2D eigenvalue weighted by Gasteiger charge is 2.32. The Balaban J connectivity index is 2.37. The van der Waals surface area contributed by atoms with Gasteiger partial charge in [0, 0.05) is 23.7 Å². The van der Waals surface area contributed by atoms with E-state index in [0.29, 0.717) is 26.3 Å². The van der Waals surface area contributed by atoms with Crippen LogP contribution < -0.4 is 0 Å². The van der Waals surface area contributed by atoms with Crippen LogP contribution in [0.25, 0.3) is 0 Å². The van der Waals surface area contributed by atoms with E-state index in [9.17, 15) is 14.3 Å². The van der Waals surface area contributed by atoms with Gasteiger partial charge in [-0.05, 0) is 12.1 Å². The summed E-state index contributed by atoms with van der Waals surface area (Å²) in [5.74, 6) is -1.70. The molecule has 0 bridgehead atoms. The molecular formula is C12H13ClFNO3. The Morgan fingerprint density at radius 1 is 1.44 bits per heavy atom. The number of carbonyl (C=O) groups is 1. The van der Waals surface area contributed by atoms with Gasteiger partial charge in [-0.2, -0.15) is 0 Å². The minimum absolute atomic E-state index is 0.0218. The second-order valence-electron chi connectivity index (χ2n) is 4.02. The van der Waals surface area contributed by atoms with Gasteiger partial charge in [0.25, 0.3) is 0 Å². The molecule has 0 aromatic heterocycles. The lowest BCUT2D eigenvalue weighted by Crippen LogP contribution is -2.42. The van der Waals surface area contributed by atoms with E-state index in [0.717, 1.165) is 0 Å². The summed E-state index contributed by atoms with van der Waals surface area (Å²) in [4.78, 5) is 13.1. The number of aliphatic carboxylic acids is 1. The summed E-state index contributed by atoms with van der Waals surface area (Å²) < 4.78 is 19.0. The van der Waals surface area contributed by atoms with E-state index in [1.807, 2.05) is 0 Å². The topological polar surface area (TPSA) is 49.8 Å². The highest BCUT2D eigenvalue weighted by atomic mass is 35.5. The van der Waals surface area contributed by atoms with Crippen LogP contribution >= 0.6 is 11.6 Å². The maximum atomic E-state index is 13.8. The Labute approximate surface area is 109 Å². The first-order valence-electron chi connectivity index (χ1n) is 5.60. The molecule has 6 heteroatoms. The molecule has 4 nitrogen and oxygen atoms in total. The van der Waals surface area contributed by atoms with Crippen molar-refractivity contribution in [3.05, 3.63) is 34.6 Å². The molecule has 1 aromatic carbocycles. The normalized spacial score (nSPS) is 18.6. The number of ether oxygens (including phenoxy) is 1. The quantitative estimate of drug-likeness (QED) is 0.914. The summed E-state index contributed by atoms with van der Waals surface area (Å²) in [5, 5.41) is 9.45. The average molecular weight is 274 g/mol. The molecular weight excluding hydrogens is 261 g/mol. The molecule has 0 radical (unpaired) electrons. The molecule has 18 heavy (non-hydrogen) atoms. The molecule has 1 unspecified atom stereocenters. The molecule has 1 aromatic rings. The minimum atomic E-state index is -1.11. The van der Waals surface area contributed by atoms with Crippen LogP contribution in [0.4, 0.5) is 4.39 Å². The molecule has 1 saturated heterocycles. The number of carboxylic acids is 1. The van der Waals surface area contributed by atoms with Crippen LogP contribution in [0.15, 0.2) is 18.2 Å². The van der Waals surface area contributed by atoms with E-state index in [-0.39, 0.29) is 10.6 Å². The minimum Gasteiger partial charge on any atom is -0.480 e. The van der Waals surface area contributed by atoms with Gasteiger partial charge in [-0.1, -0.05) is 17.7 Å². The van der Waals surface area contributed by atoms with Gasteiger partial charge in [0.05, 0.1) is 13.2 Å². The van der Waals surface area contributed by atoms with E-state index < -0.39 is 17.8 Å². The van der Waals surface area contributed by atoms with Crippen molar-refractivity contribution < 1.29 is 19.0 Å². The van der Waals surface area contributed by atoms with Crippen LogP contribution in [0.2, 0.25) is 5.02 Å². The SMILES string of the molecule is O=C(O)C(c1c(F)cccc1Cl)N1CCOCC1. The van der Waals surface area contributed by atoms with Gasteiger partial charge in [-0.3, -0.25) is 9.69 Å². The van der Waals surface area contributed by atoms with Crippen LogP contribution in [0.5, 0.6) is 0 Å². The summed E-state index contributed by atoms with van der Waals surface area (Å²) in [5.41, 5.74) is 0.0218. The largest absolute Gasteiger partial charge is 0.480 e. The molecule has 1 heterocycles. The third kappa shape index (κ3) is 2.63. The molecule has 2 rings (SSSR count). The smallest absolute Gasteiger partial charge is 0.325 e. The number of hydrogen-bond acceptors (Lipinski definition) is 3. The lowest BCUT2D eigenvalue weighted by Gasteiger charge is -2.32. The van der Waals surface area contributed by atoms with Gasteiger partial charge in [0.15, 0.2) is 0 Å². The van der Waals surface area contributed by atoms with E-state index >= 15 is 0 Å². The van der Waals surface area contributed by atoms with Crippen molar-refractivity contribution in [1.82, 2.24) is 4.90 Å². The number of hydrogen-bond donors (Lipinski definition) is 1. The number of nitrogens with zero attached hydrogens (tertiary/aromatic N) is 1. The van der Waals surface area contributed by atoms with E-state index in [1.54, 1.807) is 4.90 Å². The highest BCUT2D eigenvalue weighted by Crippen LogP contribution is 2.30. The predicted octanol–water partition coefficient (Wildman–Crippen LogP) is 1.94. The van der Waals surface area contributed by atoms with Gasteiger partial charge in [0.1, 0.15) is 11.9 Å². The second-order valence-corrected chi connectivity index (χ2v) is 4.43. The summed E-state index contributed by atoms with van der Waals surface area (Å²) in [6.45, 7) is 1.77. The van der Waals surface area contributed by atoms with Crippen LogP contribution in [-0.2, 0) is 9.53 Å². The summed E-state index contributed by atoms with van der Waals surface area (Å²) in [7, 11) is 0. The fourth-order valence-electron chi connectivity index (χ4n) is 2.07. The van der Waals surface area contributed by atoms with Crippen LogP contribution in [0, 0.1) is 5.82 Å². The molecule has 98 valence electrons. The zero-order valence-corrected chi connectivity index (χ0v) is 10.4. The highest BCUT2D eigenvalue weighted by molar-refractivity contribution is 6.31. The Bertz CT molecular complexity index is 429. The van der Waals surface area contributed by atoms with Crippen molar-refractivity contribution in [2.75, 3.05) is 26.3 Å². The zero-order chi connectivity index (χ0) is 13.1. The van der Waals surface area contributed by atoms with E-state index in [1.165, 1.54) is 18.2 Å². The van der Waals surface area contributed by atoms with Crippen molar-refractivity contribution in [1.29, 1.82) is 0 Å². The molecule has 1 N–H and O–H groups in total. The van der Waals surface area contributed by atoms with Crippen LogP contribution in [0.1, 0.15) is 11.6 Å². The molecule has 0 amide bonds. The summed E-state index contributed by atoms with van der Waals surface area (Å²) in [6.07, 6.45) is 0. The van der Waals surface area contributed by atoms with E-state index in [2.05, 4.69) is 0 Å². The molecule has 1 atom stereocenters. The van der Waals surface area contributed by atoms with Crippen molar-refractivity contribution in [2.45, 2.75) is 6.04 Å². The predicted molar refractivity (Wildman–Crippen MR) is 64.2 cm³/mol. The molecule has 1 fully saturated rings. The van der Waals surface area contributed by atoms with Crippen LogP contribution in [-0.4, -0.2) is 42.3 Å². The number of benzene rings is 1. The standard InChI is InChI=1S/C12H13ClFNO3/c13-8-2-1-3-9(14)10(8)11(12(16)17)15-4-6-18-7-5-15/h1-3,11H,4-7H2,(H,16,17). The van der Waals surface area contributed by atoms with Crippen molar-refractivity contribution in [2.24, 2.45) is 0 Å². The maximum absolute atomic E-state index is 13.8. The van der Waals surface area contributed by atoms with Crippen molar-refractivity contribution in [3.8, 4) is 0 Å². The molecule has 1 aliphatic rings. The van der Waals surface area contributed by atoms with Gasteiger partial charge < -0.3 is 9.84 Å². The van der Waals surface area contributed by atoms with E-state index in [4.69, 9.17) is 16.3 Å². The van der Waals surface area contributed by atoms with Crippen molar-refractivity contribution >= 4 is 17.6 Å². The molecule has 1 aliphatic heterocycles. The number of morpholine rings is 1. The van der Waals surface area contributed by atoms with Gasteiger partial charge in [0.2, 0.25) is 0 Å².